The lowest BCUT2D eigenvalue weighted by Crippen LogP contribution is -2.16. The maximum atomic E-state index is 4.47. The molecule has 0 nitrogen and oxygen atoms in total. The van der Waals surface area contributed by atoms with Crippen LogP contribution in [0.4, 0.5) is 0 Å². The molecule has 0 unspecified atom stereocenters. The topological polar surface area (TPSA) is 0 Å². The smallest absolute Gasteiger partial charge is 0.00200 e. The molecule has 0 aromatic heterocycles. The van der Waals surface area contributed by atoms with Crippen molar-refractivity contribution in [3.8, 4) is 22.3 Å². The van der Waals surface area contributed by atoms with Gasteiger partial charge in [0, 0.05) is 0 Å². The fraction of sp³-hybridized carbons (Fsp3) is 0.0500. The molecule has 188 valence electrons. The van der Waals surface area contributed by atoms with Crippen molar-refractivity contribution in [1.29, 1.82) is 0 Å². The molecular formula is C40H28. The van der Waals surface area contributed by atoms with E-state index in [1.807, 2.05) is 6.08 Å². The lowest BCUT2D eigenvalue weighted by molar-refractivity contribution is 1.04. The summed E-state index contributed by atoms with van der Waals surface area (Å²) in [7, 11) is 0. The lowest BCUT2D eigenvalue weighted by Gasteiger charge is -2.22. The summed E-state index contributed by atoms with van der Waals surface area (Å²) in [4.78, 5) is 0. The molecule has 0 aliphatic heterocycles. The Labute approximate surface area is 233 Å². The van der Waals surface area contributed by atoms with E-state index in [4.69, 9.17) is 0 Å². The standard InChI is InChI=1S/C40H28/c1-3-31-36(24-29-14-10-13-27-20-19-25(2)37(31)38(27)29)40-34-17-8-6-15-32(34)39(33-16-7-9-18-35(33)40)30-22-21-26-11-4-5-12-28(26)23-30/h3-9,11-13,15-24H,1-2,10,14H2. The fourth-order valence-corrected chi connectivity index (χ4v) is 7.02. The predicted octanol–water partition coefficient (Wildman–Crippen LogP) is 9.41. The van der Waals surface area contributed by atoms with Gasteiger partial charge in [-0.15, -0.1) is 0 Å². The molecule has 1 aliphatic rings. The van der Waals surface area contributed by atoms with Crippen molar-refractivity contribution >= 4 is 61.8 Å². The first-order valence-electron chi connectivity index (χ1n) is 14.1. The molecule has 0 N–H and O–H groups in total. The highest BCUT2D eigenvalue weighted by atomic mass is 14.2. The second kappa shape index (κ2) is 8.79. The van der Waals surface area contributed by atoms with E-state index in [-0.39, 0.29) is 0 Å². The fourth-order valence-electron chi connectivity index (χ4n) is 7.02. The van der Waals surface area contributed by atoms with Gasteiger partial charge in [0.25, 0.3) is 0 Å². The summed E-state index contributed by atoms with van der Waals surface area (Å²) < 4.78 is 0. The maximum absolute atomic E-state index is 4.47. The molecule has 0 fully saturated rings. The Balaban J connectivity index is 1.55. The van der Waals surface area contributed by atoms with Gasteiger partial charge in [-0.2, -0.15) is 0 Å². The van der Waals surface area contributed by atoms with Crippen molar-refractivity contribution in [3.63, 3.8) is 0 Å². The van der Waals surface area contributed by atoms with E-state index in [1.165, 1.54) is 81.7 Å². The molecule has 0 amide bonds. The van der Waals surface area contributed by atoms with Gasteiger partial charge >= 0.3 is 0 Å². The van der Waals surface area contributed by atoms with Crippen LogP contribution < -0.4 is 10.4 Å². The van der Waals surface area contributed by atoms with Gasteiger partial charge in [0.1, 0.15) is 0 Å². The first-order valence-corrected chi connectivity index (χ1v) is 14.1. The summed E-state index contributed by atoms with van der Waals surface area (Å²) in [5.74, 6) is 0. The molecular weight excluding hydrogens is 480 g/mol. The Bertz CT molecular complexity index is 2240. The zero-order chi connectivity index (χ0) is 26.8. The molecule has 0 spiro atoms. The van der Waals surface area contributed by atoms with Crippen LogP contribution >= 0.6 is 0 Å². The highest BCUT2D eigenvalue weighted by molar-refractivity contribution is 6.23. The average molecular weight is 509 g/mol. The minimum Gasteiger partial charge on any atom is -0.0984 e. The maximum Gasteiger partial charge on any atom is -0.00200 e. The number of rotatable bonds is 3. The molecule has 0 bridgehead atoms. The van der Waals surface area contributed by atoms with Crippen LogP contribution in [0.1, 0.15) is 17.5 Å². The van der Waals surface area contributed by atoms with E-state index in [2.05, 4.69) is 128 Å². The van der Waals surface area contributed by atoms with Gasteiger partial charge in [-0.3, -0.25) is 0 Å². The Kier molecular flexibility index (Phi) is 5.06. The van der Waals surface area contributed by atoms with E-state index < -0.39 is 0 Å². The first kappa shape index (κ1) is 23.0. The quantitative estimate of drug-likeness (QED) is 0.209. The Morgan fingerprint density at radius 3 is 1.95 bits per heavy atom. The summed E-state index contributed by atoms with van der Waals surface area (Å²) >= 11 is 0. The van der Waals surface area contributed by atoms with E-state index in [1.54, 1.807) is 0 Å². The van der Waals surface area contributed by atoms with Crippen LogP contribution in [0.15, 0.2) is 116 Å². The summed E-state index contributed by atoms with van der Waals surface area (Å²) in [6.07, 6.45) is 6.52. The van der Waals surface area contributed by atoms with Gasteiger partial charge in [0.05, 0.1) is 0 Å². The second-order valence-electron chi connectivity index (χ2n) is 10.9. The highest BCUT2D eigenvalue weighted by Crippen LogP contribution is 2.46. The monoisotopic (exact) mass is 508 g/mol. The SMILES string of the molecule is C=Cc1c(-c2c3ccccc3c(-c3ccc4ccccc4c3)c3ccccc23)cc2c3c(ccc(=C)c13)=CCC2. The lowest BCUT2D eigenvalue weighted by atomic mass is 9.81. The molecule has 0 heterocycles. The molecule has 8 rings (SSSR count). The molecule has 7 aromatic carbocycles. The van der Waals surface area contributed by atoms with Crippen LogP contribution in [0.2, 0.25) is 0 Å². The Morgan fingerprint density at radius 1 is 0.600 bits per heavy atom. The molecule has 0 saturated heterocycles. The van der Waals surface area contributed by atoms with Gasteiger partial charge in [-0.25, -0.2) is 0 Å². The summed E-state index contributed by atoms with van der Waals surface area (Å²) in [5, 5.41) is 12.6. The molecule has 0 radical (unpaired) electrons. The van der Waals surface area contributed by atoms with Crippen molar-refractivity contribution < 1.29 is 0 Å². The predicted molar refractivity (Wildman–Crippen MR) is 175 cm³/mol. The number of aryl methyl sites for hydroxylation is 1. The zero-order valence-electron chi connectivity index (χ0n) is 22.4. The number of hydrogen-bond acceptors (Lipinski definition) is 0. The Morgan fingerprint density at radius 2 is 1.25 bits per heavy atom. The van der Waals surface area contributed by atoms with E-state index in [0.717, 1.165) is 18.1 Å². The van der Waals surface area contributed by atoms with Crippen molar-refractivity contribution in [3.05, 3.63) is 137 Å². The van der Waals surface area contributed by atoms with Crippen LogP contribution in [0.25, 0.3) is 84.1 Å². The molecule has 1 aliphatic carbocycles. The van der Waals surface area contributed by atoms with Gasteiger partial charge < -0.3 is 0 Å². The number of hydrogen-bond donors (Lipinski definition) is 0. The van der Waals surface area contributed by atoms with Gasteiger partial charge in [-0.05, 0) is 112 Å². The van der Waals surface area contributed by atoms with Gasteiger partial charge in [0.2, 0.25) is 0 Å². The van der Waals surface area contributed by atoms with Crippen LogP contribution in [-0.2, 0) is 6.42 Å². The summed E-state index contributed by atoms with van der Waals surface area (Å²) in [5.41, 5.74) is 7.65. The number of benzene rings is 7. The van der Waals surface area contributed by atoms with Gasteiger partial charge in [0.15, 0.2) is 0 Å². The molecule has 0 heteroatoms. The third kappa shape index (κ3) is 3.26. The zero-order valence-corrected chi connectivity index (χ0v) is 22.4. The minimum atomic E-state index is 1.04. The second-order valence-corrected chi connectivity index (χ2v) is 10.9. The average Bonchev–Trinajstić information content (AvgIpc) is 3.01. The van der Waals surface area contributed by atoms with Crippen molar-refractivity contribution in [2.75, 3.05) is 0 Å². The molecule has 7 aromatic rings. The highest BCUT2D eigenvalue weighted by Gasteiger charge is 2.21. The summed E-state index contributed by atoms with van der Waals surface area (Å²) in [6.45, 7) is 8.80. The molecule has 0 atom stereocenters. The van der Waals surface area contributed by atoms with E-state index >= 15 is 0 Å². The minimum absolute atomic E-state index is 1.04. The largest absolute Gasteiger partial charge is 0.0984 e. The van der Waals surface area contributed by atoms with Crippen LogP contribution in [-0.4, -0.2) is 0 Å². The van der Waals surface area contributed by atoms with Crippen molar-refractivity contribution in [2.45, 2.75) is 12.8 Å². The third-order valence-corrected chi connectivity index (χ3v) is 8.74. The molecule has 40 heavy (non-hydrogen) atoms. The van der Waals surface area contributed by atoms with Crippen LogP contribution in [0, 0.1) is 0 Å². The van der Waals surface area contributed by atoms with Crippen LogP contribution in [0.3, 0.4) is 0 Å². The first-order chi connectivity index (χ1) is 19.7. The van der Waals surface area contributed by atoms with Crippen LogP contribution in [0.5, 0.6) is 0 Å². The van der Waals surface area contributed by atoms with Gasteiger partial charge in [-0.1, -0.05) is 122 Å². The van der Waals surface area contributed by atoms with Crippen molar-refractivity contribution in [2.24, 2.45) is 0 Å². The normalized spacial score (nSPS) is 12.7. The number of fused-ring (bicyclic) bond motifs is 3. The van der Waals surface area contributed by atoms with E-state index in [9.17, 15) is 0 Å². The Hall–Kier alpha value is -4.94. The third-order valence-electron chi connectivity index (χ3n) is 8.74. The van der Waals surface area contributed by atoms with E-state index in [0.29, 0.717) is 0 Å². The molecule has 0 saturated carbocycles. The summed E-state index contributed by atoms with van der Waals surface area (Å²) in [6, 6.07) is 40.1. The van der Waals surface area contributed by atoms with Crippen molar-refractivity contribution in [1.82, 2.24) is 0 Å².